The van der Waals surface area contributed by atoms with Crippen LogP contribution in [0.15, 0.2) is 0 Å². The summed E-state index contributed by atoms with van der Waals surface area (Å²) in [5, 5.41) is 8.86. The maximum absolute atomic E-state index is 8.86. The van der Waals surface area contributed by atoms with Crippen LogP contribution < -0.4 is 11.5 Å². The van der Waals surface area contributed by atoms with Crippen molar-refractivity contribution in [2.24, 2.45) is 11.5 Å². The summed E-state index contributed by atoms with van der Waals surface area (Å²) in [4.78, 5) is 2.25. The number of hydrogen-bond acceptors (Lipinski definition) is 4. The van der Waals surface area contributed by atoms with Gasteiger partial charge in [0.25, 0.3) is 0 Å². The maximum Gasteiger partial charge on any atom is 0.0558 e. The van der Waals surface area contributed by atoms with Gasteiger partial charge in [0.1, 0.15) is 0 Å². The molecular formula is C10H25N3O. The Morgan fingerprint density at radius 3 is 2.43 bits per heavy atom. The Balaban J connectivity index is 3.54. The van der Waals surface area contributed by atoms with Gasteiger partial charge in [0.05, 0.1) is 6.61 Å². The minimum absolute atomic E-state index is 0.224. The van der Waals surface area contributed by atoms with E-state index >= 15 is 0 Å². The number of rotatable bonds is 9. The lowest BCUT2D eigenvalue weighted by Crippen LogP contribution is -2.32. The van der Waals surface area contributed by atoms with E-state index in [0.717, 1.165) is 45.4 Å². The first-order valence-corrected chi connectivity index (χ1v) is 5.49. The number of hydrogen-bond donors (Lipinski definition) is 3. The van der Waals surface area contributed by atoms with Crippen molar-refractivity contribution >= 4 is 0 Å². The van der Waals surface area contributed by atoms with E-state index in [2.05, 4.69) is 4.90 Å². The third-order valence-electron chi connectivity index (χ3n) is 2.25. The second kappa shape index (κ2) is 9.40. The molecule has 0 aromatic heterocycles. The molecule has 4 nitrogen and oxygen atoms in total. The van der Waals surface area contributed by atoms with Crippen molar-refractivity contribution in [3.8, 4) is 0 Å². The fourth-order valence-electron chi connectivity index (χ4n) is 1.34. The second-order valence-electron chi connectivity index (χ2n) is 3.83. The van der Waals surface area contributed by atoms with Crippen LogP contribution in [0.1, 0.15) is 26.2 Å². The van der Waals surface area contributed by atoms with Gasteiger partial charge in [0.15, 0.2) is 0 Å². The van der Waals surface area contributed by atoms with Gasteiger partial charge in [-0.25, -0.2) is 0 Å². The van der Waals surface area contributed by atoms with Gasteiger partial charge in [-0.2, -0.15) is 0 Å². The molecule has 0 aliphatic rings. The zero-order valence-electron chi connectivity index (χ0n) is 9.28. The lowest BCUT2D eigenvalue weighted by Gasteiger charge is -2.21. The summed E-state index contributed by atoms with van der Waals surface area (Å²) in [6.45, 7) is 5.73. The number of nitrogens with zero attached hydrogens (tertiary/aromatic N) is 1. The van der Waals surface area contributed by atoms with Crippen LogP contribution in [0.4, 0.5) is 0 Å². The van der Waals surface area contributed by atoms with Crippen LogP contribution in [-0.2, 0) is 0 Å². The molecule has 0 bridgehead atoms. The number of aliphatic hydroxyl groups is 1. The van der Waals surface area contributed by atoms with E-state index in [9.17, 15) is 0 Å². The standard InChI is InChI=1S/C10H25N3O/c1-10(12)4-7-13(8-9-14)6-3-2-5-11/h10,14H,2-9,11-12H2,1H3. The Kier molecular flexibility index (Phi) is 9.29. The van der Waals surface area contributed by atoms with E-state index in [-0.39, 0.29) is 12.6 Å². The first kappa shape index (κ1) is 13.8. The molecule has 0 amide bonds. The van der Waals surface area contributed by atoms with Gasteiger partial charge >= 0.3 is 0 Å². The zero-order chi connectivity index (χ0) is 10.8. The molecule has 0 heterocycles. The number of aliphatic hydroxyl groups excluding tert-OH is 1. The van der Waals surface area contributed by atoms with Crippen LogP contribution in [0.25, 0.3) is 0 Å². The molecular weight excluding hydrogens is 178 g/mol. The van der Waals surface area contributed by atoms with E-state index in [1.54, 1.807) is 0 Å². The molecule has 0 saturated carbocycles. The van der Waals surface area contributed by atoms with Gasteiger partial charge in [-0.1, -0.05) is 0 Å². The lowest BCUT2D eigenvalue weighted by molar-refractivity contribution is 0.190. The minimum Gasteiger partial charge on any atom is -0.395 e. The predicted octanol–water partition coefficient (Wildman–Crippen LogP) is -0.243. The van der Waals surface area contributed by atoms with Crippen LogP contribution in [-0.4, -0.2) is 48.8 Å². The zero-order valence-corrected chi connectivity index (χ0v) is 9.28. The summed E-state index contributed by atoms with van der Waals surface area (Å²) in [5.41, 5.74) is 11.1. The van der Waals surface area contributed by atoms with Gasteiger partial charge in [-0.3, -0.25) is 0 Å². The molecule has 4 heteroatoms. The van der Waals surface area contributed by atoms with Crippen LogP contribution in [0, 0.1) is 0 Å². The smallest absolute Gasteiger partial charge is 0.0558 e. The van der Waals surface area contributed by atoms with Gasteiger partial charge in [-0.05, 0) is 45.8 Å². The molecule has 0 aromatic carbocycles. The van der Waals surface area contributed by atoms with Gasteiger partial charge < -0.3 is 21.5 Å². The van der Waals surface area contributed by atoms with Crippen LogP contribution in [0.5, 0.6) is 0 Å². The van der Waals surface area contributed by atoms with Crippen molar-refractivity contribution in [3.63, 3.8) is 0 Å². The van der Waals surface area contributed by atoms with E-state index in [4.69, 9.17) is 16.6 Å². The van der Waals surface area contributed by atoms with Gasteiger partial charge in [0.2, 0.25) is 0 Å². The Bertz CT molecular complexity index is 120. The van der Waals surface area contributed by atoms with Gasteiger partial charge in [-0.15, -0.1) is 0 Å². The van der Waals surface area contributed by atoms with Crippen molar-refractivity contribution in [1.82, 2.24) is 4.90 Å². The average Bonchev–Trinajstić information content (AvgIpc) is 2.14. The second-order valence-corrected chi connectivity index (χ2v) is 3.83. The topological polar surface area (TPSA) is 75.5 Å². The third kappa shape index (κ3) is 8.44. The Morgan fingerprint density at radius 2 is 1.93 bits per heavy atom. The van der Waals surface area contributed by atoms with Crippen molar-refractivity contribution in [1.29, 1.82) is 0 Å². The quantitative estimate of drug-likeness (QED) is 0.452. The highest BCUT2D eigenvalue weighted by Gasteiger charge is 2.04. The summed E-state index contributed by atoms with van der Waals surface area (Å²) >= 11 is 0. The first-order valence-electron chi connectivity index (χ1n) is 5.49. The highest BCUT2D eigenvalue weighted by molar-refractivity contribution is 4.62. The number of unbranched alkanes of at least 4 members (excludes halogenated alkanes) is 1. The third-order valence-corrected chi connectivity index (χ3v) is 2.25. The fraction of sp³-hybridized carbons (Fsp3) is 1.00. The first-order chi connectivity index (χ1) is 6.70. The van der Waals surface area contributed by atoms with Crippen molar-refractivity contribution in [2.75, 3.05) is 32.8 Å². The highest BCUT2D eigenvalue weighted by Crippen LogP contribution is 1.97. The molecule has 0 radical (unpaired) electrons. The summed E-state index contributed by atoms with van der Waals surface area (Å²) in [5.74, 6) is 0. The molecule has 0 fully saturated rings. The molecule has 0 aliphatic heterocycles. The lowest BCUT2D eigenvalue weighted by atomic mass is 10.2. The van der Waals surface area contributed by atoms with E-state index in [0.29, 0.717) is 0 Å². The molecule has 86 valence electrons. The van der Waals surface area contributed by atoms with E-state index in [1.165, 1.54) is 0 Å². The van der Waals surface area contributed by atoms with Crippen LogP contribution in [0.2, 0.25) is 0 Å². The van der Waals surface area contributed by atoms with E-state index in [1.807, 2.05) is 6.92 Å². The molecule has 1 unspecified atom stereocenters. The van der Waals surface area contributed by atoms with Crippen molar-refractivity contribution in [2.45, 2.75) is 32.2 Å². The molecule has 0 saturated heterocycles. The van der Waals surface area contributed by atoms with Crippen molar-refractivity contribution < 1.29 is 5.11 Å². The SMILES string of the molecule is CC(N)CCN(CCO)CCCCN. The predicted molar refractivity (Wildman–Crippen MR) is 60.1 cm³/mol. The molecule has 0 spiro atoms. The summed E-state index contributed by atoms with van der Waals surface area (Å²) in [6, 6.07) is 0.241. The molecule has 0 aliphatic carbocycles. The normalized spacial score (nSPS) is 13.5. The highest BCUT2D eigenvalue weighted by atomic mass is 16.3. The summed E-state index contributed by atoms with van der Waals surface area (Å²) in [7, 11) is 0. The largest absolute Gasteiger partial charge is 0.395 e. The molecule has 14 heavy (non-hydrogen) atoms. The Labute approximate surface area is 87.3 Å². The molecule has 5 N–H and O–H groups in total. The van der Waals surface area contributed by atoms with E-state index < -0.39 is 0 Å². The van der Waals surface area contributed by atoms with Gasteiger partial charge in [0, 0.05) is 12.6 Å². The van der Waals surface area contributed by atoms with Crippen LogP contribution in [0.3, 0.4) is 0 Å². The number of nitrogens with two attached hydrogens (primary N) is 2. The van der Waals surface area contributed by atoms with Crippen LogP contribution >= 0.6 is 0 Å². The fourth-order valence-corrected chi connectivity index (χ4v) is 1.34. The Hall–Kier alpha value is -0.160. The summed E-state index contributed by atoms with van der Waals surface area (Å²) in [6.07, 6.45) is 3.15. The maximum atomic E-state index is 8.86. The summed E-state index contributed by atoms with van der Waals surface area (Å²) < 4.78 is 0. The van der Waals surface area contributed by atoms with Crippen molar-refractivity contribution in [3.05, 3.63) is 0 Å². The monoisotopic (exact) mass is 203 g/mol. The molecule has 0 rings (SSSR count). The Morgan fingerprint density at radius 1 is 1.21 bits per heavy atom. The minimum atomic E-state index is 0.224. The molecule has 1 atom stereocenters. The average molecular weight is 203 g/mol. The molecule has 0 aromatic rings.